The van der Waals surface area contributed by atoms with Crippen LogP contribution in [0, 0.1) is 5.92 Å². The smallest absolute Gasteiger partial charge is 0.272 e. The third-order valence-electron chi connectivity index (χ3n) is 4.85. The van der Waals surface area contributed by atoms with E-state index >= 15 is 0 Å². The molecule has 1 aliphatic heterocycles. The van der Waals surface area contributed by atoms with Crippen LogP contribution in [-0.4, -0.2) is 33.9 Å². The second-order valence-electron chi connectivity index (χ2n) is 6.67. The van der Waals surface area contributed by atoms with Crippen LogP contribution >= 0.6 is 0 Å². The summed E-state index contributed by atoms with van der Waals surface area (Å²) in [5.74, 6) is 0.504. The lowest BCUT2D eigenvalue weighted by Crippen LogP contribution is -2.40. The number of carbonyl (C=O) groups excluding carboxylic acids is 1. The first-order valence-electron chi connectivity index (χ1n) is 8.84. The molecule has 0 bridgehead atoms. The largest absolute Gasteiger partial charge is 0.337 e. The maximum atomic E-state index is 12.9. The van der Waals surface area contributed by atoms with Crippen LogP contribution in [0.2, 0.25) is 0 Å². The second-order valence-corrected chi connectivity index (χ2v) is 6.67. The van der Waals surface area contributed by atoms with Crippen LogP contribution in [-0.2, 0) is 6.42 Å². The van der Waals surface area contributed by atoms with Gasteiger partial charge in [0.25, 0.3) is 5.91 Å². The first-order chi connectivity index (χ1) is 12.3. The van der Waals surface area contributed by atoms with E-state index in [0.29, 0.717) is 11.6 Å². The first kappa shape index (κ1) is 15.8. The van der Waals surface area contributed by atoms with Gasteiger partial charge in [0.15, 0.2) is 0 Å². The van der Waals surface area contributed by atoms with E-state index in [9.17, 15) is 4.79 Å². The summed E-state index contributed by atoms with van der Waals surface area (Å²) in [6.07, 6.45) is 4.94. The van der Waals surface area contributed by atoms with Gasteiger partial charge in [-0.2, -0.15) is 0 Å². The normalized spacial score (nSPS) is 17.6. The SMILES string of the molecule is O=C(c1ccc2ccccc2n1)N1CCCC(Cc2ccccn2)C1. The van der Waals surface area contributed by atoms with Crippen molar-refractivity contribution in [3.8, 4) is 0 Å². The van der Waals surface area contributed by atoms with Gasteiger partial charge in [0.1, 0.15) is 5.69 Å². The topological polar surface area (TPSA) is 46.1 Å². The monoisotopic (exact) mass is 331 g/mol. The Kier molecular flexibility index (Phi) is 4.42. The minimum absolute atomic E-state index is 0.0384. The number of nitrogens with zero attached hydrogens (tertiary/aromatic N) is 3. The lowest BCUT2D eigenvalue weighted by molar-refractivity contribution is 0.0667. The van der Waals surface area contributed by atoms with Crippen LogP contribution in [0.25, 0.3) is 10.9 Å². The summed E-state index contributed by atoms with van der Waals surface area (Å²) >= 11 is 0. The maximum Gasteiger partial charge on any atom is 0.272 e. The highest BCUT2D eigenvalue weighted by atomic mass is 16.2. The van der Waals surface area contributed by atoms with Gasteiger partial charge in [-0.15, -0.1) is 0 Å². The van der Waals surface area contributed by atoms with Crippen molar-refractivity contribution < 1.29 is 4.79 Å². The summed E-state index contributed by atoms with van der Waals surface area (Å²) < 4.78 is 0. The Balaban J connectivity index is 1.49. The number of piperidine rings is 1. The van der Waals surface area contributed by atoms with E-state index in [1.165, 1.54) is 0 Å². The highest BCUT2D eigenvalue weighted by Crippen LogP contribution is 2.22. The molecule has 2 aromatic heterocycles. The standard InChI is InChI=1S/C21H21N3O/c25-21(20-11-10-17-7-1-2-9-19(17)23-20)24-13-5-6-16(15-24)14-18-8-3-4-12-22-18/h1-4,7-12,16H,5-6,13-15H2. The van der Waals surface area contributed by atoms with E-state index in [1.54, 1.807) is 0 Å². The molecule has 4 rings (SSSR count). The van der Waals surface area contributed by atoms with Gasteiger partial charge in [0.2, 0.25) is 0 Å². The number of pyridine rings is 2. The molecule has 0 aliphatic carbocycles. The number of fused-ring (bicyclic) bond motifs is 1. The summed E-state index contributed by atoms with van der Waals surface area (Å²) in [5, 5.41) is 1.06. The molecule has 1 fully saturated rings. The number of carbonyl (C=O) groups is 1. The minimum atomic E-state index is 0.0384. The van der Waals surface area contributed by atoms with Gasteiger partial charge in [-0.05, 0) is 49.4 Å². The summed E-state index contributed by atoms with van der Waals surface area (Å²) in [6, 6.07) is 17.7. The molecule has 1 amide bonds. The number of para-hydroxylation sites is 1. The average Bonchev–Trinajstić information content (AvgIpc) is 2.68. The lowest BCUT2D eigenvalue weighted by atomic mass is 9.93. The minimum Gasteiger partial charge on any atom is -0.337 e. The van der Waals surface area contributed by atoms with Crippen molar-refractivity contribution in [2.45, 2.75) is 19.3 Å². The third-order valence-corrected chi connectivity index (χ3v) is 4.85. The molecule has 1 saturated heterocycles. The van der Waals surface area contributed by atoms with Crippen LogP contribution < -0.4 is 0 Å². The Morgan fingerprint density at radius 3 is 2.84 bits per heavy atom. The first-order valence-corrected chi connectivity index (χ1v) is 8.84. The van der Waals surface area contributed by atoms with E-state index in [1.807, 2.05) is 59.6 Å². The van der Waals surface area contributed by atoms with Crippen LogP contribution in [0.1, 0.15) is 29.0 Å². The zero-order chi connectivity index (χ0) is 17.1. The molecule has 0 saturated carbocycles. The number of hydrogen-bond acceptors (Lipinski definition) is 3. The van der Waals surface area contributed by atoms with Crippen molar-refractivity contribution in [2.75, 3.05) is 13.1 Å². The lowest BCUT2D eigenvalue weighted by Gasteiger charge is -2.32. The van der Waals surface area contributed by atoms with Crippen molar-refractivity contribution in [1.82, 2.24) is 14.9 Å². The fraction of sp³-hybridized carbons (Fsp3) is 0.286. The molecule has 25 heavy (non-hydrogen) atoms. The van der Waals surface area contributed by atoms with Crippen molar-refractivity contribution in [1.29, 1.82) is 0 Å². The van der Waals surface area contributed by atoms with E-state index in [4.69, 9.17) is 0 Å². The van der Waals surface area contributed by atoms with Gasteiger partial charge in [0, 0.05) is 30.4 Å². The molecule has 4 heteroatoms. The predicted molar refractivity (Wildman–Crippen MR) is 98.3 cm³/mol. The molecule has 0 spiro atoms. The van der Waals surface area contributed by atoms with Crippen LogP contribution in [0.4, 0.5) is 0 Å². The van der Waals surface area contributed by atoms with Crippen LogP contribution in [0.3, 0.4) is 0 Å². The molecular weight excluding hydrogens is 310 g/mol. The van der Waals surface area contributed by atoms with Gasteiger partial charge in [-0.3, -0.25) is 9.78 Å². The van der Waals surface area contributed by atoms with E-state index in [-0.39, 0.29) is 5.91 Å². The highest BCUT2D eigenvalue weighted by molar-refractivity contribution is 5.95. The number of benzene rings is 1. The number of amides is 1. The zero-order valence-corrected chi connectivity index (χ0v) is 14.1. The van der Waals surface area contributed by atoms with Gasteiger partial charge >= 0.3 is 0 Å². The van der Waals surface area contributed by atoms with Crippen LogP contribution in [0.15, 0.2) is 60.8 Å². The Bertz CT molecular complexity index is 878. The molecule has 126 valence electrons. The molecule has 1 unspecified atom stereocenters. The summed E-state index contributed by atoms with van der Waals surface area (Å²) in [7, 11) is 0. The fourth-order valence-electron chi connectivity index (χ4n) is 3.58. The molecule has 3 heterocycles. The summed E-state index contributed by atoms with van der Waals surface area (Å²) in [6.45, 7) is 1.59. The second kappa shape index (κ2) is 7.01. The quantitative estimate of drug-likeness (QED) is 0.735. The summed E-state index contributed by atoms with van der Waals surface area (Å²) in [4.78, 5) is 23.8. The number of aromatic nitrogens is 2. The Labute approximate surface area is 147 Å². The molecular formula is C21H21N3O. The van der Waals surface area contributed by atoms with Gasteiger partial charge in [-0.1, -0.05) is 30.3 Å². The molecule has 1 aromatic carbocycles. The molecule has 4 nitrogen and oxygen atoms in total. The van der Waals surface area contributed by atoms with Gasteiger partial charge in [0.05, 0.1) is 5.52 Å². The number of likely N-dealkylation sites (tertiary alicyclic amines) is 1. The Morgan fingerprint density at radius 2 is 1.96 bits per heavy atom. The predicted octanol–water partition coefficient (Wildman–Crippen LogP) is 3.72. The Morgan fingerprint density at radius 1 is 1.08 bits per heavy atom. The van der Waals surface area contributed by atoms with E-state index in [0.717, 1.165) is 48.9 Å². The van der Waals surface area contributed by atoms with Gasteiger partial charge < -0.3 is 4.90 Å². The zero-order valence-electron chi connectivity index (χ0n) is 14.1. The maximum absolute atomic E-state index is 12.9. The third kappa shape index (κ3) is 3.53. The molecule has 1 aliphatic rings. The van der Waals surface area contributed by atoms with Gasteiger partial charge in [-0.25, -0.2) is 4.98 Å². The van der Waals surface area contributed by atoms with Crippen LogP contribution in [0.5, 0.6) is 0 Å². The van der Waals surface area contributed by atoms with E-state index < -0.39 is 0 Å². The van der Waals surface area contributed by atoms with Crippen molar-refractivity contribution in [3.05, 3.63) is 72.2 Å². The highest BCUT2D eigenvalue weighted by Gasteiger charge is 2.25. The number of hydrogen-bond donors (Lipinski definition) is 0. The van der Waals surface area contributed by atoms with Crippen molar-refractivity contribution in [2.24, 2.45) is 5.92 Å². The molecule has 1 atom stereocenters. The van der Waals surface area contributed by atoms with Crippen molar-refractivity contribution >= 4 is 16.8 Å². The summed E-state index contributed by atoms with van der Waals surface area (Å²) in [5.41, 5.74) is 2.51. The number of rotatable bonds is 3. The Hall–Kier alpha value is -2.75. The fourth-order valence-corrected chi connectivity index (χ4v) is 3.58. The van der Waals surface area contributed by atoms with Crippen molar-refractivity contribution in [3.63, 3.8) is 0 Å². The molecule has 0 radical (unpaired) electrons. The average molecular weight is 331 g/mol. The van der Waals surface area contributed by atoms with E-state index in [2.05, 4.69) is 16.0 Å². The molecule has 0 N–H and O–H groups in total. The molecule has 3 aromatic rings.